The van der Waals surface area contributed by atoms with E-state index in [4.69, 9.17) is 0 Å². The summed E-state index contributed by atoms with van der Waals surface area (Å²) in [7, 11) is 3.60. The van der Waals surface area contributed by atoms with Crippen molar-refractivity contribution in [3.63, 3.8) is 0 Å². The molecule has 0 unspecified atom stereocenters. The molecule has 0 radical (unpaired) electrons. The van der Waals surface area contributed by atoms with Gasteiger partial charge in [0.05, 0.1) is 0 Å². The molecule has 0 saturated heterocycles. The predicted octanol–water partition coefficient (Wildman–Crippen LogP) is 5.79. The molecule has 4 rings (SSSR count). The molecule has 0 aliphatic heterocycles. The van der Waals surface area contributed by atoms with E-state index in [-0.39, 0.29) is 0 Å². The predicted molar refractivity (Wildman–Crippen MR) is 134 cm³/mol. The quantitative estimate of drug-likeness (QED) is 0.377. The molecule has 0 heterocycles. The van der Waals surface area contributed by atoms with Crippen LogP contribution in [0.15, 0.2) is 97.1 Å². The van der Waals surface area contributed by atoms with Crippen molar-refractivity contribution in [2.45, 2.75) is 13.8 Å². The topological polar surface area (TPSA) is 3.24 Å². The molecule has 150 valence electrons. The fourth-order valence-corrected chi connectivity index (χ4v) is 6.64. The molecule has 4 aromatic carbocycles. The smallest absolute Gasteiger partial charge is 0.0443 e. The lowest BCUT2D eigenvalue weighted by atomic mass is 9.94. The Balaban J connectivity index is 2.04. The third-order valence-corrected chi connectivity index (χ3v) is 7.99. The van der Waals surface area contributed by atoms with E-state index >= 15 is 0 Å². The van der Waals surface area contributed by atoms with E-state index in [1.165, 1.54) is 43.9 Å². The van der Waals surface area contributed by atoms with Crippen molar-refractivity contribution in [3.8, 4) is 11.1 Å². The van der Waals surface area contributed by atoms with Crippen molar-refractivity contribution in [1.82, 2.24) is 0 Å². The Morgan fingerprint density at radius 1 is 0.533 bits per heavy atom. The summed E-state index contributed by atoms with van der Waals surface area (Å²) < 4.78 is 0. The van der Waals surface area contributed by atoms with E-state index in [1.54, 1.807) is 0 Å². The van der Waals surface area contributed by atoms with Crippen molar-refractivity contribution in [2.75, 3.05) is 19.0 Å². The molecular weight excluding hydrogens is 381 g/mol. The van der Waals surface area contributed by atoms with Gasteiger partial charge in [-0.15, -0.1) is 0 Å². The summed E-state index contributed by atoms with van der Waals surface area (Å²) in [6.45, 7) is 4.47. The lowest BCUT2D eigenvalue weighted by Crippen LogP contribution is -2.23. The van der Waals surface area contributed by atoms with Crippen molar-refractivity contribution in [3.05, 3.63) is 108 Å². The molecule has 0 bridgehead atoms. The molecule has 4 aromatic rings. The van der Waals surface area contributed by atoms with Crippen LogP contribution >= 0.6 is 7.92 Å². The van der Waals surface area contributed by atoms with Gasteiger partial charge < -0.3 is 4.90 Å². The summed E-state index contributed by atoms with van der Waals surface area (Å²) in [6, 6.07) is 35.3. The molecule has 2 heteroatoms. The van der Waals surface area contributed by atoms with Gasteiger partial charge in [0.25, 0.3) is 0 Å². The Morgan fingerprint density at radius 2 is 1.03 bits per heavy atom. The zero-order chi connectivity index (χ0) is 21.1. The average Bonchev–Trinajstić information content (AvgIpc) is 2.76. The molecule has 0 amide bonds. The van der Waals surface area contributed by atoms with E-state index in [1.807, 2.05) is 0 Å². The minimum absolute atomic E-state index is 0.669. The first-order valence-electron chi connectivity index (χ1n) is 10.3. The summed E-state index contributed by atoms with van der Waals surface area (Å²) in [5, 5.41) is 4.18. The maximum Gasteiger partial charge on any atom is 0.0443 e. The second-order valence-electron chi connectivity index (χ2n) is 7.84. The highest BCUT2D eigenvalue weighted by atomic mass is 31.1. The first-order valence-corrected chi connectivity index (χ1v) is 11.7. The van der Waals surface area contributed by atoms with Crippen molar-refractivity contribution >= 4 is 29.5 Å². The first kappa shape index (κ1) is 20.4. The third-order valence-electron chi connectivity index (χ3n) is 5.50. The van der Waals surface area contributed by atoms with Crippen LogP contribution in [0.5, 0.6) is 0 Å². The van der Waals surface area contributed by atoms with Crippen LogP contribution in [0.25, 0.3) is 11.1 Å². The van der Waals surface area contributed by atoms with E-state index in [9.17, 15) is 0 Å². The van der Waals surface area contributed by atoms with Crippen molar-refractivity contribution in [2.24, 2.45) is 0 Å². The maximum atomic E-state index is 2.33. The third kappa shape index (κ3) is 3.91. The van der Waals surface area contributed by atoms with Crippen LogP contribution in [0.3, 0.4) is 0 Å². The molecule has 0 atom stereocenters. The molecule has 0 saturated carbocycles. The number of benzene rings is 4. The van der Waals surface area contributed by atoms with Crippen LogP contribution in [0.1, 0.15) is 11.1 Å². The lowest BCUT2D eigenvalue weighted by Gasteiger charge is -2.27. The number of aryl methyl sites for hydroxylation is 2. The Kier molecular flexibility index (Phi) is 6.02. The van der Waals surface area contributed by atoms with Crippen LogP contribution in [0.2, 0.25) is 0 Å². The molecule has 0 aromatic heterocycles. The fourth-order valence-electron chi connectivity index (χ4n) is 4.10. The van der Waals surface area contributed by atoms with Gasteiger partial charge in [-0.1, -0.05) is 91.0 Å². The van der Waals surface area contributed by atoms with E-state index in [0.29, 0.717) is 0 Å². The number of rotatable bonds is 5. The van der Waals surface area contributed by atoms with Gasteiger partial charge in [-0.05, 0) is 60.4 Å². The number of anilines is 1. The summed E-state index contributed by atoms with van der Waals surface area (Å²) in [5.41, 5.74) is 6.62. The maximum absolute atomic E-state index is 2.33. The van der Waals surface area contributed by atoms with Crippen LogP contribution < -0.4 is 20.8 Å². The summed E-state index contributed by atoms with van der Waals surface area (Å²) in [6.07, 6.45) is 0. The molecule has 0 spiro atoms. The number of hydrogen-bond donors (Lipinski definition) is 0. The normalized spacial score (nSPS) is 11.0. The minimum Gasteiger partial charge on any atom is -0.377 e. The van der Waals surface area contributed by atoms with E-state index < -0.39 is 7.92 Å². The highest BCUT2D eigenvalue weighted by Crippen LogP contribution is 2.41. The Hall–Kier alpha value is -2.89. The highest BCUT2D eigenvalue weighted by Gasteiger charge is 2.23. The first-order chi connectivity index (χ1) is 14.6. The average molecular weight is 410 g/mol. The van der Waals surface area contributed by atoms with Crippen LogP contribution in [0, 0.1) is 13.8 Å². The van der Waals surface area contributed by atoms with Gasteiger partial charge in [-0.3, -0.25) is 0 Å². The number of nitrogens with zero attached hydrogens (tertiary/aromatic N) is 1. The lowest BCUT2D eigenvalue weighted by molar-refractivity contribution is 1.13. The van der Waals surface area contributed by atoms with Gasteiger partial charge in [0.1, 0.15) is 0 Å². The van der Waals surface area contributed by atoms with Gasteiger partial charge in [-0.2, -0.15) is 0 Å². The van der Waals surface area contributed by atoms with Crippen molar-refractivity contribution < 1.29 is 0 Å². The van der Waals surface area contributed by atoms with Gasteiger partial charge in [0.2, 0.25) is 0 Å². The Bertz CT molecular complexity index is 1090. The standard InChI is InChI=1S/C28H28NP/c1-21-13-11-19-25(29(3)4)27(21)28-22(2)14-12-20-26(28)30(23-15-7-5-8-16-23)24-17-9-6-10-18-24/h5-20H,1-4H3. The minimum atomic E-state index is -0.669. The van der Waals surface area contributed by atoms with Gasteiger partial charge >= 0.3 is 0 Å². The van der Waals surface area contributed by atoms with Crippen molar-refractivity contribution in [1.29, 1.82) is 0 Å². The summed E-state index contributed by atoms with van der Waals surface area (Å²) >= 11 is 0. The molecule has 1 nitrogen and oxygen atoms in total. The molecule has 30 heavy (non-hydrogen) atoms. The molecule has 0 N–H and O–H groups in total. The number of hydrogen-bond acceptors (Lipinski definition) is 1. The van der Waals surface area contributed by atoms with Gasteiger partial charge in [-0.25, -0.2) is 0 Å². The van der Waals surface area contributed by atoms with Crippen LogP contribution in [0.4, 0.5) is 5.69 Å². The Morgan fingerprint density at radius 3 is 1.57 bits per heavy atom. The van der Waals surface area contributed by atoms with Gasteiger partial charge in [0, 0.05) is 25.3 Å². The molecule has 0 fully saturated rings. The highest BCUT2D eigenvalue weighted by molar-refractivity contribution is 7.80. The monoisotopic (exact) mass is 409 g/mol. The van der Waals surface area contributed by atoms with Crippen LogP contribution in [-0.2, 0) is 0 Å². The molecule has 0 aliphatic carbocycles. The largest absolute Gasteiger partial charge is 0.377 e. The Labute approximate surface area is 181 Å². The molecule has 0 aliphatic rings. The van der Waals surface area contributed by atoms with Gasteiger partial charge in [0.15, 0.2) is 0 Å². The second kappa shape index (κ2) is 8.86. The van der Waals surface area contributed by atoms with E-state index in [0.717, 1.165) is 0 Å². The fraction of sp³-hybridized carbons (Fsp3) is 0.143. The summed E-state index contributed by atoms with van der Waals surface area (Å²) in [4.78, 5) is 2.23. The summed E-state index contributed by atoms with van der Waals surface area (Å²) in [5.74, 6) is 0. The zero-order valence-electron chi connectivity index (χ0n) is 18.1. The molecular formula is C28H28NP. The second-order valence-corrected chi connectivity index (χ2v) is 10.0. The SMILES string of the molecule is Cc1cccc(N(C)C)c1-c1c(C)cccc1P(c1ccccc1)c1ccccc1. The van der Waals surface area contributed by atoms with Crippen LogP contribution in [-0.4, -0.2) is 14.1 Å². The van der Waals surface area contributed by atoms with E-state index in [2.05, 4.69) is 130 Å². The zero-order valence-corrected chi connectivity index (χ0v) is 19.0.